The van der Waals surface area contributed by atoms with E-state index in [0.717, 1.165) is 6.42 Å². The Kier molecular flexibility index (Phi) is 4.78. The predicted molar refractivity (Wildman–Crippen MR) is 87.1 cm³/mol. The van der Waals surface area contributed by atoms with Crippen molar-refractivity contribution in [2.24, 2.45) is 5.92 Å². The minimum absolute atomic E-state index is 0.185. The van der Waals surface area contributed by atoms with E-state index in [-0.39, 0.29) is 18.6 Å². The van der Waals surface area contributed by atoms with Crippen molar-refractivity contribution in [3.63, 3.8) is 0 Å². The molecule has 0 aromatic heterocycles. The summed E-state index contributed by atoms with van der Waals surface area (Å²) in [6, 6.07) is 4.72. The second-order valence-corrected chi connectivity index (χ2v) is 6.38. The van der Waals surface area contributed by atoms with Gasteiger partial charge in [-0.3, -0.25) is 9.69 Å². The second kappa shape index (κ2) is 6.98. The van der Waals surface area contributed by atoms with Crippen molar-refractivity contribution in [2.75, 3.05) is 25.3 Å². The molecule has 2 amide bonds. The third kappa shape index (κ3) is 3.55. The fourth-order valence-corrected chi connectivity index (χ4v) is 2.78. The van der Waals surface area contributed by atoms with Gasteiger partial charge in [-0.2, -0.15) is 0 Å². The van der Waals surface area contributed by atoms with E-state index < -0.39 is 12.1 Å². The molecule has 0 bridgehead atoms. The van der Waals surface area contributed by atoms with Crippen LogP contribution in [0.2, 0.25) is 0 Å². The zero-order valence-corrected chi connectivity index (χ0v) is 13.9. The van der Waals surface area contributed by atoms with Gasteiger partial charge in [-0.25, -0.2) is 4.79 Å². The zero-order chi connectivity index (χ0) is 17.1. The average Bonchev–Trinajstić information content (AvgIpc) is 3.20. The smallest absolute Gasteiger partial charge is 0.410 e. The van der Waals surface area contributed by atoms with Crippen molar-refractivity contribution in [3.05, 3.63) is 18.2 Å². The van der Waals surface area contributed by atoms with Crippen molar-refractivity contribution >= 4 is 17.7 Å². The fourth-order valence-electron chi connectivity index (χ4n) is 2.78. The number of rotatable bonds is 4. The number of likely N-dealkylation sites (tertiary alicyclic amines) is 1. The van der Waals surface area contributed by atoms with E-state index in [4.69, 9.17) is 14.2 Å². The first kappa shape index (κ1) is 16.4. The highest BCUT2D eigenvalue weighted by atomic mass is 16.7. The number of nitrogens with one attached hydrogen (secondary N) is 1. The lowest BCUT2D eigenvalue weighted by Crippen LogP contribution is -2.43. The molecule has 1 N–H and O–H groups in total. The van der Waals surface area contributed by atoms with Crippen molar-refractivity contribution in [1.29, 1.82) is 0 Å². The molecule has 1 unspecified atom stereocenters. The normalized spacial score (nSPS) is 18.8. The van der Waals surface area contributed by atoms with Crippen molar-refractivity contribution in [3.8, 4) is 11.5 Å². The summed E-state index contributed by atoms with van der Waals surface area (Å²) in [6.07, 6.45) is 0.996. The van der Waals surface area contributed by atoms with Gasteiger partial charge in [0.25, 0.3) is 0 Å². The van der Waals surface area contributed by atoms with Crippen molar-refractivity contribution in [2.45, 2.75) is 32.7 Å². The van der Waals surface area contributed by atoms with Gasteiger partial charge in [0, 0.05) is 18.3 Å². The number of fused-ring (bicyclic) bond motifs is 1. The molecule has 130 valence electrons. The summed E-state index contributed by atoms with van der Waals surface area (Å²) in [6.45, 7) is 5.02. The third-order valence-electron chi connectivity index (χ3n) is 3.97. The minimum Gasteiger partial charge on any atom is -0.454 e. The minimum atomic E-state index is -0.505. The lowest BCUT2D eigenvalue weighted by atomic mass is 10.2. The van der Waals surface area contributed by atoms with E-state index >= 15 is 0 Å². The van der Waals surface area contributed by atoms with E-state index in [1.807, 2.05) is 13.8 Å². The maximum absolute atomic E-state index is 12.5. The maximum atomic E-state index is 12.5. The highest BCUT2D eigenvalue weighted by molar-refractivity contribution is 5.97. The Bertz CT molecular complexity index is 631. The molecule has 0 spiro atoms. The van der Waals surface area contributed by atoms with Crippen LogP contribution in [0.5, 0.6) is 11.5 Å². The van der Waals surface area contributed by atoms with E-state index in [0.29, 0.717) is 36.8 Å². The summed E-state index contributed by atoms with van der Waals surface area (Å²) in [4.78, 5) is 26.2. The van der Waals surface area contributed by atoms with Crippen LogP contribution in [0.3, 0.4) is 0 Å². The van der Waals surface area contributed by atoms with Crippen LogP contribution in [0, 0.1) is 5.92 Å². The van der Waals surface area contributed by atoms with E-state index in [9.17, 15) is 9.59 Å². The van der Waals surface area contributed by atoms with Gasteiger partial charge < -0.3 is 19.5 Å². The topological polar surface area (TPSA) is 77.1 Å². The zero-order valence-electron chi connectivity index (χ0n) is 13.9. The van der Waals surface area contributed by atoms with Gasteiger partial charge in [0.05, 0.1) is 6.61 Å². The summed E-state index contributed by atoms with van der Waals surface area (Å²) in [5.41, 5.74) is 0.617. The standard InChI is InChI=1S/C17H22N2O5/c1-11(2)9-22-17(21)19-7-3-4-13(19)16(20)18-12-5-6-14-15(8-12)24-10-23-14/h5-6,8,11,13H,3-4,7,9-10H2,1-2H3,(H,18,20). The number of hydrogen-bond donors (Lipinski definition) is 1. The van der Waals surface area contributed by atoms with Gasteiger partial charge in [0.1, 0.15) is 6.04 Å². The molecule has 7 nitrogen and oxygen atoms in total. The second-order valence-electron chi connectivity index (χ2n) is 6.38. The molecule has 0 aliphatic carbocycles. The number of ether oxygens (including phenoxy) is 3. The van der Waals surface area contributed by atoms with Crippen molar-refractivity contribution < 1.29 is 23.8 Å². The number of amides is 2. The molecular formula is C17H22N2O5. The van der Waals surface area contributed by atoms with Crippen molar-refractivity contribution in [1.82, 2.24) is 4.90 Å². The average molecular weight is 334 g/mol. The molecule has 1 fully saturated rings. The molecule has 1 saturated heterocycles. The third-order valence-corrected chi connectivity index (χ3v) is 3.97. The van der Waals surface area contributed by atoms with Gasteiger partial charge in [-0.15, -0.1) is 0 Å². The SMILES string of the molecule is CC(C)COC(=O)N1CCCC1C(=O)Nc1ccc2c(c1)OCO2. The predicted octanol–water partition coefficient (Wildman–Crippen LogP) is 2.61. The van der Waals surface area contributed by atoms with Gasteiger partial charge in [0.15, 0.2) is 11.5 Å². The van der Waals surface area contributed by atoms with Gasteiger partial charge in [-0.05, 0) is 30.9 Å². The number of carbonyl (C=O) groups is 2. The summed E-state index contributed by atoms with van der Waals surface area (Å²) in [5.74, 6) is 1.31. The van der Waals surface area contributed by atoms with Crippen LogP contribution in [-0.4, -0.2) is 42.9 Å². The first-order chi connectivity index (χ1) is 11.5. The van der Waals surface area contributed by atoms with Crippen LogP contribution >= 0.6 is 0 Å². The highest BCUT2D eigenvalue weighted by Crippen LogP contribution is 2.34. The Morgan fingerprint density at radius 2 is 2.12 bits per heavy atom. The number of hydrogen-bond acceptors (Lipinski definition) is 5. The van der Waals surface area contributed by atoms with Crippen LogP contribution in [-0.2, 0) is 9.53 Å². The molecule has 2 aliphatic rings. The molecule has 7 heteroatoms. The van der Waals surface area contributed by atoms with Gasteiger partial charge in [0.2, 0.25) is 12.7 Å². The maximum Gasteiger partial charge on any atom is 0.410 e. The summed E-state index contributed by atoms with van der Waals surface area (Å²) in [7, 11) is 0. The molecule has 0 saturated carbocycles. The fraction of sp³-hybridized carbons (Fsp3) is 0.529. The van der Waals surface area contributed by atoms with Crippen LogP contribution in [0.25, 0.3) is 0 Å². The largest absolute Gasteiger partial charge is 0.454 e. The van der Waals surface area contributed by atoms with E-state index in [2.05, 4.69) is 5.32 Å². The lowest BCUT2D eigenvalue weighted by molar-refractivity contribution is -0.120. The molecule has 24 heavy (non-hydrogen) atoms. The van der Waals surface area contributed by atoms with Crippen LogP contribution in [0.15, 0.2) is 18.2 Å². The summed E-state index contributed by atoms with van der Waals surface area (Å²) >= 11 is 0. The molecule has 0 radical (unpaired) electrons. The molecule has 2 heterocycles. The monoisotopic (exact) mass is 334 g/mol. The van der Waals surface area contributed by atoms with E-state index in [1.165, 1.54) is 4.90 Å². The number of nitrogens with zero attached hydrogens (tertiary/aromatic N) is 1. The Hall–Kier alpha value is -2.44. The number of carbonyl (C=O) groups excluding carboxylic acids is 2. The quantitative estimate of drug-likeness (QED) is 0.916. The van der Waals surface area contributed by atoms with Crippen LogP contribution in [0.4, 0.5) is 10.5 Å². The Morgan fingerprint density at radius 1 is 1.33 bits per heavy atom. The summed E-state index contributed by atoms with van der Waals surface area (Å²) < 4.78 is 15.8. The van der Waals surface area contributed by atoms with E-state index in [1.54, 1.807) is 18.2 Å². The molecule has 1 atom stereocenters. The highest BCUT2D eigenvalue weighted by Gasteiger charge is 2.35. The van der Waals surface area contributed by atoms with Gasteiger partial charge in [-0.1, -0.05) is 13.8 Å². The molecule has 1 aromatic rings. The molecule has 1 aromatic carbocycles. The first-order valence-corrected chi connectivity index (χ1v) is 8.18. The Balaban J connectivity index is 1.62. The van der Waals surface area contributed by atoms with Gasteiger partial charge >= 0.3 is 6.09 Å². The number of benzene rings is 1. The molecule has 3 rings (SSSR count). The Labute approximate surface area is 140 Å². The summed E-state index contributed by atoms with van der Waals surface area (Å²) in [5, 5.41) is 2.84. The van der Waals surface area contributed by atoms with Crippen LogP contribution < -0.4 is 14.8 Å². The Morgan fingerprint density at radius 3 is 2.92 bits per heavy atom. The molecular weight excluding hydrogens is 312 g/mol. The van der Waals surface area contributed by atoms with Crippen LogP contribution in [0.1, 0.15) is 26.7 Å². The first-order valence-electron chi connectivity index (χ1n) is 8.18. The number of anilines is 1. The molecule has 2 aliphatic heterocycles. The lowest BCUT2D eigenvalue weighted by Gasteiger charge is -2.23.